The number of hydrogen-bond donors (Lipinski definition) is 0. The van der Waals surface area contributed by atoms with Crippen LogP contribution in [0.4, 0.5) is 0 Å². The number of sulfonamides is 2. The van der Waals surface area contributed by atoms with Crippen LogP contribution in [-0.4, -0.2) is 109 Å². The van der Waals surface area contributed by atoms with Crippen LogP contribution in [0.1, 0.15) is 33.4 Å². The SMILES string of the molecule is COc1ccc(CN(Cc2ccc(OC)cc2)S(=O)(=O)c2cccc(Br)c2-c2nnn(Cc3ccc(OC)cc3)n2)cc1.COc1ccc(CN(Cc2ccc(OC)cc2)S(=O)(=O)c2cccc(Br)c2-c2nnnn2Cc2ccc(OC)cc2)cc1. The van der Waals surface area contributed by atoms with Gasteiger partial charge in [0.1, 0.15) is 34.5 Å². The number of rotatable bonds is 24. The third-order valence-corrected chi connectivity index (χ3v) is 18.7. The number of benzene rings is 8. The molecule has 0 aliphatic carbocycles. The number of tetrazole rings is 2. The van der Waals surface area contributed by atoms with E-state index in [2.05, 4.69) is 62.8 Å². The van der Waals surface area contributed by atoms with Crippen LogP contribution in [0.5, 0.6) is 34.5 Å². The summed E-state index contributed by atoms with van der Waals surface area (Å²) in [6.45, 7) is 1.19. The van der Waals surface area contributed by atoms with E-state index in [1.807, 2.05) is 146 Å². The van der Waals surface area contributed by atoms with Crippen molar-refractivity contribution in [1.82, 2.24) is 49.0 Å². The Morgan fingerprint density at radius 3 is 1.08 bits per heavy atom. The Morgan fingerprint density at radius 1 is 0.395 bits per heavy atom. The minimum absolute atomic E-state index is 0.0629. The fraction of sp³-hybridized carbons (Fsp3) is 0.194. The molecular weight excluding hydrogens is 1270 g/mol. The highest BCUT2D eigenvalue weighted by Crippen LogP contribution is 2.38. The summed E-state index contributed by atoms with van der Waals surface area (Å²) in [6.07, 6.45) is 0. The van der Waals surface area contributed by atoms with Crippen molar-refractivity contribution in [2.45, 2.75) is 49.1 Å². The first-order valence-corrected chi connectivity index (χ1v) is 31.0. The topological polar surface area (TPSA) is 217 Å². The summed E-state index contributed by atoms with van der Waals surface area (Å²) in [7, 11) is 1.41. The van der Waals surface area contributed by atoms with Crippen LogP contribution >= 0.6 is 31.9 Å². The summed E-state index contributed by atoms with van der Waals surface area (Å²) in [5.41, 5.74) is 5.78. The third-order valence-electron chi connectivity index (χ3n) is 13.7. The minimum Gasteiger partial charge on any atom is -0.497 e. The smallest absolute Gasteiger partial charge is 0.244 e. The highest BCUT2D eigenvalue weighted by atomic mass is 79.9. The van der Waals surface area contributed by atoms with Gasteiger partial charge in [0, 0.05) is 35.1 Å². The van der Waals surface area contributed by atoms with Crippen molar-refractivity contribution in [3.63, 3.8) is 0 Å². The lowest BCUT2D eigenvalue weighted by Gasteiger charge is -2.24. The van der Waals surface area contributed by atoms with E-state index in [-0.39, 0.29) is 41.8 Å². The zero-order chi connectivity index (χ0) is 60.8. The van der Waals surface area contributed by atoms with Crippen molar-refractivity contribution in [3.05, 3.63) is 224 Å². The van der Waals surface area contributed by atoms with Crippen LogP contribution in [0, 0.1) is 0 Å². The number of methoxy groups -OCH3 is 6. The predicted molar refractivity (Wildman–Crippen MR) is 331 cm³/mol. The summed E-state index contributed by atoms with van der Waals surface area (Å²) in [5, 5.41) is 25.3. The van der Waals surface area contributed by atoms with Gasteiger partial charge in [-0.15, -0.1) is 15.3 Å². The molecular formula is C62H60Br2N10O10S2. The third kappa shape index (κ3) is 15.1. The van der Waals surface area contributed by atoms with E-state index in [1.54, 1.807) is 83.7 Å². The molecule has 0 saturated heterocycles. The maximum Gasteiger partial charge on any atom is 0.244 e. The molecule has 0 aliphatic heterocycles. The molecule has 0 spiro atoms. The molecule has 0 fully saturated rings. The molecule has 0 unspecified atom stereocenters. The molecule has 86 heavy (non-hydrogen) atoms. The van der Waals surface area contributed by atoms with Gasteiger partial charge in [-0.3, -0.25) is 0 Å². The van der Waals surface area contributed by atoms with Gasteiger partial charge in [-0.05, 0) is 178 Å². The molecule has 0 radical (unpaired) electrons. The fourth-order valence-electron chi connectivity index (χ4n) is 9.04. The summed E-state index contributed by atoms with van der Waals surface area (Å²) in [5.74, 6) is 4.72. The number of halogens is 2. The average molecular weight is 1330 g/mol. The van der Waals surface area contributed by atoms with E-state index in [0.29, 0.717) is 62.0 Å². The van der Waals surface area contributed by atoms with Crippen molar-refractivity contribution in [2.24, 2.45) is 0 Å². The second kappa shape index (κ2) is 28.6. The van der Waals surface area contributed by atoms with E-state index in [9.17, 15) is 16.8 Å². The summed E-state index contributed by atoms with van der Waals surface area (Å²) < 4.78 is 95.2. The fourth-order valence-corrected chi connectivity index (χ4v) is 13.6. The van der Waals surface area contributed by atoms with Gasteiger partial charge in [-0.1, -0.05) is 84.9 Å². The molecule has 0 saturated carbocycles. The molecule has 10 rings (SSSR count). The van der Waals surface area contributed by atoms with Gasteiger partial charge in [-0.2, -0.15) is 13.4 Å². The number of aromatic nitrogens is 8. The summed E-state index contributed by atoms with van der Waals surface area (Å²) in [6, 6.07) is 54.4. The van der Waals surface area contributed by atoms with Crippen molar-refractivity contribution >= 4 is 51.9 Å². The van der Waals surface area contributed by atoms with E-state index >= 15 is 0 Å². The molecule has 0 bridgehead atoms. The Hall–Kier alpha value is -8.52. The van der Waals surface area contributed by atoms with Crippen molar-refractivity contribution in [1.29, 1.82) is 0 Å². The van der Waals surface area contributed by atoms with Crippen LogP contribution in [0.3, 0.4) is 0 Å². The van der Waals surface area contributed by atoms with Gasteiger partial charge in [0.25, 0.3) is 0 Å². The molecule has 2 heterocycles. The van der Waals surface area contributed by atoms with Crippen LogP contribution in [0.15, 0.2) is 201 Å². The first kappa shape index (κ1) is 62.0. The maximum absolute atomic E-state index is 14.6. The molecule has 0 atom stereocenters. The Kier molecular flexibility index (Phi) is 20.6. The van der Waals surface area contributed by atoms with Crippen LogP contribution in [-0.2, 0) is 59.3 Å². The highest BCUT2D eigenvalue weighted by Gasteiger charge is 2.33. The lowest BCUT2D eigenvalue weighted by Crippen LogP contribution is -2.31. The molecule has 24 heteroatoms. The van der Waals surface area contributed by atoms with Gasteiger partial charge in [0.2, 0.25) is 25.9 Å². The van der Waals surface area contributed by atoms with E-state index in [4.69, 9.17) is 28.4 Å². The zero-order valence-corrected chi connectivity index (χ0v) is 52.5. The van der Waals surface area contributed by atoms with Crippen LogP contribution < -0.4 is 28.4 Å². The standard InChI is InChI=1S/2C31H30BrN5O5S/c1-40-25-13-7-22(8-14-25)19-36(20-23-9-15-26(41-2)16-10-23)43(38,39)29-6-4-5-28(32)30(29)31-33-34-35-37(31)21-24-11-17-27(42-3)18-12-24;1-40-25-13-7-22(8-14-25)19-36(20-23-9-15-26(41-2)16-10-23)43(38,39)29-6-4-5-28(32)30(29)31-33-35-37(34-31)21-24-11-17-27(42-3)18-12-24/h2*4-18H,19-21H2,1-3H3. The Bertz CT molecular complexity index is 3990. The predicted octanol–water partition coefficient (Wildman–Crippen LogP) is 11.1. The van der Waals surface area contributed by atoms with E-state index < -0.39 is 20.0 Å². The normalized spacial score (nSPS) is 11.5. The van der Waals surface area contributed by atoms with Crippen molar-refractivity contribution < 1.29 is 45.3 Å². The average Bonchev–Trinajstić information content (AvgIpc) is 1.62. The first-order valence-electron chi connectivity index (χ1n) is 26.5. The first-order chi connectivity index (χ1) is 41.6. The Morgan fingerprint density at radius 2 is 0.721 bits per heavy atom. The maximum atomic E-state index is 14.6. The monoisotopic (exact) mass is 1330 g/mol. The van der Waals surface area contributed by atoms with Gasteiger partial charge in [-0.25, -0.2) is 21.5 Å². The second-order valence-electron chi connectivity index (χ2n) is 19.2. The Balaban J connectivity index is 0.000000205. The lowest BCUT2D eigenvalue weighted by molar-refractivity contribution is 0.397. The van der Waals surface area contributed by atoms with Crippen LogP contribution in [0.25, 0.3) is 22.8 Å². The minimum atomic E-state index is -4.09. The van der Waals surface area contributed by atoms with Gasteiger partial charge in [0.05, 0.1) is 76.7 Å². The molecule has 2 aromatic heterocycles. The molecule has 20 nitrogen and oxygen atoms in total. The zero-order valence-electron chi connectivity index (χ0n) is 47.7. The summed E-state index contributed by atoms with van der Waals surface area (Å²) >= 11 is 7.12. The molecule has 8 aromatic carbocycles. The van der Waals surface area contributed by atoms with E-state index in [0.717, 1.165) is 44.9 Å². The van der Waals surface area contributed by atoms with Gasteiger partial charge >= 0.3 is 0 Å². The van der Waals surface area contributed by atoms with Gasteiger partial charge < -0.3 is 28.4 Å². The molecule has 444 valence electrons. The second-order valence-corrected chi connectivity index (χ2v) is 24.7. The Labute approximate surface area is 516 Å². The molecule has 0 amide bonds. The number of ether oxygens (including phenoxy) is 6. The van der Waals surface area contributed by atoms with E-state index in [1.165, 1.54) is 13.4 Å². The number of nitrogens with zero attached hydrogens (tertiary/aromatic N) is 10. The van der Waals surface area contributed by atoms with Gasteiger partial charge in [0.15, 0.2) is 5.82 Å². The quantitative estimate of drug-likeness (QED) is 0.0549. The number of hydrogen-bond acceptors (Lipinski definition) is 16. The lowest BCUT2D eigenvalue weighted by atomic mass is 10.2. The molecule has 10 aromatic rings. The molecule has 0 aliphatic rings. The highest BCUT2D eigenvalue weighted by molar-refractivity contribution is 9.11. The van der Waals surface area contributed by atoms with Crippen molar-refractivity contribution in [3.8, 4) is 57.3 Å². The summed E-state index contributed by atoms with van der Waals surface area (Å²) in [4.78, 5) is 1.57. The van der Waals surface area contributed by atoms with Crippen LogP contribution in [0.2, 0.25) is 0 Å². The largest absolute Gasteiger partial charge is 0.497 e. The van der Waals surface area contributed by atoms with Crippen molar-refractivity contribution in [2.75, 3.05) is 42.7 Å². The molecule has 0 N–H and O–H groups in total.